The van der Waals surface area contributed by atoms with Crippen LogP contribution in [0.4, 0.5) is 0 Å². The molecular formula is C15H20BrNO. The highest BCUT2D eigenvalue weighted by Crippen LogP contribution is 2.25. The van der Waals surface area contributed by atoms with Crippen LogP contribution in [0.5, 0.6) is 0 Å². The Morgan fingerprint density at radius 3 is 2.78 bits per heavy atom. The van der Waals surface area contributed by atoms with E-state index in [9.17, 15) is 4.79 Å². The summed E-state index contributed by atoms with van der Waals surface area (Å²) in [5.74, 6) is 0.0730. The Hall–Kier alpha value is -0.830. The van der Waals surface area contributed by atoms with Crippen molar-refractivity contribution < 1.29 is 4.79 Å². The van der Waals surface area contributed by atoms with E-state index in [1.54, 1.807) is 0 Å². The van der Waals surface area contributed by atoms with Crippen LogP contribution in [-0.2, 0) is 6.42 Å². The number of amides is 1. The second-order valence-corrected chi connectivity index (χ2v) is 6.07. The van der Waals surface area contributed by atoms with Gasteiger partial charge in [-0.05, 0) is 30.9 Å². The van der Waals surface area contributed by atoms with E-state index in [0.29, 0.717) is 4.83 Å². The molecule has 1 aliphatic rings. The van der Waals surface area contributed by atoms with Gasteiger partial charge in [0.25, 0.3) is 5.91 Å². The minimum atomic E-state index is 0.0730. The maximum Gasteiger partial charge on any atom is 0.251 e. The summed E-state index contributed by atoms with van der Waals surface area (Å²) in [6.07, 6.45) is 5.60. The van der Waals surface area contributed by atoms with E-state index in [2.05, 4.69) is 28.2 Å². The molecule has 0 bridgehead atoms. The van der Waals surface area contributed by atoms with Crippen LogP contribution in [0.2, 0.25) is 0 Å². The van der Waals surface area contributed by atoms with Gasteiger partial charge in [0.15, 0.2) is 0 Å². The molecular weight excluding hydrogens is 290 g/mol. The van der Waals surface area contributed by atoms with Gasteiger partial charge in [-0.25, -0.2) is 0 Å². The molecule has 2 nitrogen and oxygen atoms in total. The van der Waals surface area contributed by atoms with Crippen molar-refractivity contribution in [3.63, 3.8) is 0 Å². The average Bonchev–Trinajstić information content (AvgIpc) is 2.41. The molecule has 1 aliphatic carbocycles. The van der Waals surface area contributed by atoms with Gasteiger partial charge in [-0.15, -0.1) is 0 Å². The molecule has 0 spiro atoms. The van der Waals surface area contributed by atoms with Crippen molar-refractivity contribution in [2.45, 2.75) is 49.9 Å². The Morgan fingerprint density at radius 1 is 1.33 bits per heavy atom. The van der Waals surface area contributed by atoms with Crippen molar-refractivity contribution >= 4 is 21.8 Å². The predicted octanol–water partition coefficient (Wildman–Crippen LogP) is 3.68. The summed E-state index contributed by atoms with van der Waals surface area (Å²) < 4.78 is 0. The first kappa shape index (κ1) is 13.6. The van der Waals surface area contributed by atoms with Crippen molar-refractivity contribution in [1.82, 2.24) is 5.32 Å². The van der Waals surface area contributed by atoms with Gasteiger partial charge in [0.1, 0.15) is 0 Å². The third-order valence-electron chi connectivity index (χ3n) is 3.64. The predicted molar refractivity (Wildman–Crippen MR) is 78.3 cm³/mol. The zero-order valence-electron chi connectivity index (χ0n) is 10.8. The van der Waals surface area contributed by atoms with Crippen LogP contribution in [-0.4, -0.2) is 16.8 Å². The van der Waals surface area contributed by atoms with Gasteiger partial charge >= 0.3 is 0 Å². The Kier molecular flexibility index (Phi) is 4.81. The summed E-state index contributed by atoms with van der Waals surface area (Å²) >= 11 is 3.68. The number of rotatable bonds is 3. The highest BCUT2D eigenvalue weighted by molar-refractivity contribution is 9.09. The van der Waals surface area contributed by atoms with Crippen LogP contribution in [0.25, 0.3) is 0 Å². The molecule has 3 heteroatoms. The highest BCUT2D eigenvalue weighted by atomic mass is 79.9. The Balaban J connectivity index is 2.07. The van der Waals surface area contributed by atoms with Crippen molar-refractivity contribution in [2.24, 2.45) is 0 Å². The molecule has 1 amide bonds. The quantitative estimate of drug-likeness (QED) is 0.848. The van der Waals surface area contributed by atoms with Crippen LogP contribution in [0.1, 0.15) is 48.5 Å². The molecule has 2 atom stereocenters. The molecule has 0 aliphatic heterocycles. The molecule has 0 heterocycles. The molecule has 1 fully saturated rings. The zero-order valence-corrected chi connectivity index (χ0v) is 12.4. The summed E-state index contributed by atoms with van der Waals surface area (Å²) in [4.78, 5) is 12.7. The second kappa shape index (κ2) is 6.37. The van der Waals surface area contributed by atoms with E-state index in [-0.39, 0.29) is 11.9 Å². The standard InChI is InChI=1S/C15H20BrNO/c1-2-11-7-3-4-8-12(11)15(18)17-14-10-6-5-9-13(14)16/h3-4,7-8,13-14H,2,5-6,9-10H2,1H3,(H,17,18). The maximum atomic E-state index is 12.3. The fourth-order valence-corrected chi connectivity index (χ4v) is 3.26. The molecule has 0 radical (unpaired) electrons. The van der Waals surface area contributed by atoms with Crippen molar-refractivity contribution in [3.8, 4) is 0 Å². The number of benzene rings is 1. The maximum absolute atomic E-state index is 12.3. The Bertz CT molecular complexity index is 419. The summed E-state index contributed by atoms with van der Waals surface area (Å²) in [5, 5.41) is 3.17. The molecule has 0 saturated heterocycles. The first-order valence-electron chi connectivity index (χ1n) is 6.75. The number of hydrogen-bond donors (Lipinski definition) is 1. The van der Waals surface area contributed by atoms with Crippen LogP contribution in [0.3, 0.4) is 0 Å². The lowest BCUT2D eigenvalue weighted by molar-refractivity contribution is 0.0929. The minimum Gasteiger partial charge on any atom is -0.348 e. The molecule has 2 unspecified atom stereocenters. The van der Waals surface area contributed by atoms with E-state index < -0.39 is 0 Å². The van der Waals surface area contributed by atoms with Gasteiger partial charge in [-0.1, -0.05) is 53.9 Å². The monoisotopic (exact) mass is 309 g/mol. The molecule has 2 rings (SSSR count). The summed E-state index contributed by atoms with van der Waals surface area (Å²) in [7, 11) is 0. The first-order valence-corrected chi connectivity index (χ1v) is 7.66. The van der Waals surface area contributed by atoms with E-state index in [4.69, 9.17) is 0 Å². The van der Waals surface area contributed by atoms with E-state index in [1.807, 2.05) is 24.3 Å². The SMILES string of the molecule is CCc1ccccc1C(=O)NC1CCCCC1Br. The van der Waals surface area contributed by atoms with E-state index in [1.165, 1.54) is 12.8 Å². The van der Waals surface area contributed by atoms with Gasteiger partial charge in [0, 0.05) is 16.4 Å². The van der Waals surface area contributed by atoms with Gasteiger partial charge in [-0.3, -0.25) is 4.79 Å². The van der Waals surface area contributed by atoms with Crippen LogP contribution >= 0.6 is 15.9 Å². The molecule has 1 aromatic rings. The highest BCUT2D eigenvalue weighted by Gasteiger charge is 2.24. The third-order valence-corrected chi connectivity index (χ3v) is 4.74. The summed E-state index contributed by atoms with van der Waals surface area (Å²) in [6, 6.07) is 8.14. The lowest BCUT2D eigenvalue weighted by Gasteiger charge is -2.28. The number of carbonyl (C=O) groups excluding carboxylic acids is 1. The number of aryl methyl sites for hydroxylation is 1. The normalized spacial score (nSPS) is 23.7. The van der Waals surface area contributed by atoms with Gasteiger partial charge in [-0.2, -0.15) is 0 Å². The van der Waals surface area contributed by atoms with Gasteiger partial charge < -0.3 is 5.32 Å². The lowest BCUT2D eigenvalue weighted by atomic mass is 9.94. The second-order valence-electron chi connectivity index (χ2n) is 4.89. The molecule has 0 aromatic heterocycles. The first-order chi connectivity index (χ1) is 8.72. The summed E-state index contributed by atoms with van der Waals surface area (Å²) in [5.41, 5.74) is 1.95. The Morgan fingerprint density at radius 2 is 2.06 bits per heavy atom. The molecule has 18 heavy (non-hydrogen) atoms. The topological polar surface area (TPSA) is 29.1 Å². The van der Waals surface area contributed by atoms with E-state index in [0.717, 1.165) is 30.4 Å². The van der Waals surface area contributed by atoms with Crippen molar-refractivity contribution in [2.75, 3.05) is 0 Å². The molecule has 98 valence electrons. The lowest BCUT2D eigenvalue weighted by Crippen LogP contribution is -2.42. The third kappa shape index (κ3) is 3.14. The molecule has 1 aromatic carbocycles. The van der Waals surface area contributed by atoms with Gasteiger partial charge in [0.2, 0.25) is 0 Å². The van der Waals surface area contributed by atoms with E-state index >= 15 is 0 Å². The van der Waals surface area contributed by atoms with Crippen LogP contribution < -0.4 is 5.32 Å². The largest absolute Gasteiger partial charge is 0.348 e. The van der Waals surface area contributed by atoms with Crippen molar-refractivity contribution in [3.05, 3.63) is 35.4 Å². The number of hydrogen-bond acceptors (Lipinski definition) is 1. The number of carbonyl (C=O) groups is 1. The molecule has 1 saturated carbocycles. The molecule has 1 N–H and O–H groups in total. The smallest absolute Gasteiger partial charge is 0.251 e. The van der Waals surface area contributed by atoms with Gasteiger partial charge in [0.05, 0.1) is 0 Å². The number of nitrogens with one attached hydrogen (secondary N) is 1. The minimum absolute atomic E-state index is 0.0730. The average molecular weight is 310 g/mol. The summed E-state index contributed by atoms with van der Waals surface area (Å²) in [6.45, 7) is 2.08. The van der Waals surface area contributed by atoms with Crippen LogP contribution in [0.15, 0.2) is 24.3 Å². The van der Waals surface area contributed by atoms with Crippen molar-refractivity contribution in [1.29, 1.82) is 0 Å². The zero-order chi connectivity index (χ0) is 13.0. The fourth-order valence-electron chi connectivity index (χ4n) is 2.54. The fraction of sp³-hybridized carbons (Fsp3) is 0.533. The number of halogens is 1. The number of alkyl halides is 1. The Labute approximate surface area is 117 Å². The van der Waals surface area contributed by atoms with Crippen LogP contribution in [0, 0.1) is 0 Å².